The molecule has 0 saturated heterocycles. The minimum atomic E-state index is -0.286. The van der Waals surface area contributed by atoms with Gasteiger partial charge in [-0.25, -0.2) is 4.98 Å². The molecule has 0 aliphatic heterocycles. The van der Waals surface area contributed by atoms with E-state index in [9.17, 15) is 4.79 Å². The zero-order chi connectivity index (χ0) is 29.0. The van der Waals surface area contributed by atoms with Crippen LogP contribution in [0.5, 0.6) is 0 Å². The van der Waals surface area contributed by atoms with E-state index >= 15 is 0 Å². The average molecular weight is 656 g/mol. The molecule has 9 heteroatoms. The number of hydrogen-bond donors (Lipinski definition) is 0. The van der Waals surface area contributed by atoms with Crippen LogP contribution >= 0.6 is 39.1 Å². The highest BCUT2D eigenvalue weighted by atomic mass is 79.9. The van der Waals surface area contributed by atoms with E-state index in [2.05, 4.69) is 32.6 Å². The van der Waals surface area contributed by atoms with Crippen molar-refractivity contribution in [2.75, 3.05) is 0 Å². The summed E-state index contributed by atoms with van der Waals surface area (Å²) in [5.41, 5.74) is 4.91. The van der Waals surface area contributed by atoms with Crippen molar-refractivity contribution >= 4 is 78.1 Å². The molecule has 3 heterocycles. The first-order chi connectivity index (χ1) is 20.4. The molecule has 206 valence electrons. The molecule has 0 radical (unpaired) electrons. The molecule has 4 aromatic carbocycles. The topological polar surface area (TPSA) is 65.3 Å². The van der Waals surface area contributed by atoms with Gasteiger partial charge in [0.05, 0.1) is 27.2 Å². The number of fused-ring (bicyclic) bond motifs is 3. The van der Waals surface area contributed by atoms with Crippen LogP contribution in [0.15, 0.2) is 110 Å². The number of aromatic nitrogens is 3. The summed E-state index contributed by atoms with van der Waals surface area (Å²) >= 11 is 16.0. The first kappa shape index (κ1) is 26.7. The van der Waals surface area contributed by atoms with Crippen molar-refractivity contribution in [3.8, 4) is 11.6 Å². The first-order valence-electron chi connectivity index (χ1n) is 13.1. The van der Waals surface area contributed by atoms with Crippen LogP contribution < -0.4 is 5.56 Å². The number of furan rings is 1. The van der Waals surface area contributed by atoms with Crippen molar-refractivity contribution < 1.29 is 4.42 Å². The number of benzene rings is 4. The smallest absolute Gasteiger partial charge is 0.282 e. The lowest BCUT2D eigenvalue weighted by Crippen LogP contribution is -2.20. The van der Waals surface area contributed by atoms with Gasteiger partial charge in [0.1, 0.15) is 5.58 Å². The highest BCUT2D eigenvalue weighted by Crippen LogP contribution is 2.31. The van der Waals surface area contributed by atoms with Gasteiger partial charge in [0.15, 0.2) is 5.76 Å². The van der Waals surface area contributed by atoms with Gasteiger partial charge in [-0.1, -0.05) is 75.5 Å². The molecule has 0 N–H and O–H groups in total. The van der Waals surface area contributed by atoms with Crippen LogP contribution in [0.3, 0.4) is 0 Å². The summed E-state index contributed by atoms with van der Waals surface area (Å²) in [6.45, 7) is 2.63. The second-order valence-electron chi connectivity index (χ2n) is 9.96. The minimum Gasteiger partial charge on any atom is -0.453 e. The maximum atomic E-state index is 13.8. The predicted molar refractivity (Wildman–Crippen MR) is 174 cm³/mol. The third kappa shape index (κ3) is 4.64. The molecule has 0 amide bonds. The summed E-state index contributed by atoms with van der Waals surface area (Å²) in [5, 5.41) is 8.14. The lowest BCUT2D eigenvalue weighted by atomic mass is 10.1. The third-order valence-corrected chi connectivity index (χ3v) is 8.59. The Morgan fingerprint density at radius 2 is 1.71 bits per heavy atom. The molecule has 0 saturated carbocycles. The second-order valence-corrected chi connectivity index (χ2v) is 11.7. The van der Waals surface area contributed by atoms with E-state index in [0.717, 1.165) is 37.6 Å². The number of nitrogens with zero attached hydrogens (tertiary/aromatic N) is 4. The summed E-state index contributed by atoms with van der Waals surface area (Å²) in [4.78, 5) is 18.6. The first-order valence-corrected chi connectivity index (χ1v) is 14.7. The molecule has 0 aliphatic carbocycles. The Balaban J connectivity index is 1.39. The van der Waals surface area contributed by atoms with Crippen molar-refractivity contribution in [2.45, 2.75) is 13.5 Å². The molecule has 42 heavy (non-hydrogen) atoms. The third-order valence-electron chi connectivity index (χ3n) is 7.36. The highest BCUT2D eigenvalue weighted by Gasteiger charge is 2.18. The lowest BCUT2D eigenvalue weighted by Gasteiger charge is -2.10. The Morgan fingerprint density at radius 1 is 0.929 bits per heavy atom. The molecular weight excluding hydrogens is 635 g/mol. The molecule has 7 aromatic rings. The maximum absolute atomic E-state index is 13.8. The van der Waals surface area contributed by atoms with Gasteiger partial charge in [0, 0.05) is 38.6 Å². The van der Waals surface area contributed by atoms with Gasteiger partial charge in [-0.2, -0.15) is 9.78 Å². The monoisotopic (exact) mass is 654 g/mol. The highest BCUT2D eigenvalue weighted by molar-refractivity contribution is 9.10. The molecule has 7 rings (SSSR count). The van der Waals surface area contributed by atoms with Crippen LogP contribution in [-0.4, -0.2) is 20.4 Å². The van der Waals surface area contributed by atoms with E-state index in [1.54, 1.807) is 18.3 Å². The molecule has 0 aliphatic rings. The van der Waals surface area contributed by atoms with E-state index < -0.39 is 0 Å². The van der Waals surface area contributed by atoms with Crippen LogP contribution in [0.4, 0.5) is 0 Å². The van der Waals surface area contributed by atoms with Crippen molar-refractivity contribution in [3.05, 3.63) is 133 Å². The van der Waals surface area contributed by atoms with Gasteiger partial charge in [-0.3, -0.25) is 4.79 Å². The largest absolute Gasteiger partial charge is 0.453 e. The van der Waals surface area contributed by atoms with E-state index in [4.69, 9.17) is 37.7 Å². The normalized spacial score (nSPS) is 11.9. The van der Waals surface area contributed by atoms with Gasteiger partial charge in [0.2, 0.25) is 5.82 Å². The maximum Gasteiger partial charge on any atom is 0.282 e. The van der Waals surface area contributed by atoms with Crippen LogP contribution in [-0.2, 0) is 6.54 Å². The fourth-order valence-corrected chi connectivity index (χ4v) is 5.97. The minimum absolute atomic E-state index is 0.286. The molecule has 0 unspecified atom stereocenters. The van der Waals surface area contributed by atoms with E-state index in [0.29, 0.717) is 44.7 Å². The number of para-hydroxylation sites is 2. The fraction of sp³-hybridized carbons (Fsp3) is 0.0606. The summed E-state index contributed by atoms with van der Waals surface area (Å²) in [6.07, 6.45) is 1.73. The second kappa shape index (κ2) is 10.6. The van der Waals surface area contributed by atoms with E-state index in [-0.39, 0.29) is 5.56 Å². The summed E-state index contributed by atoms with van der Waals surface area (Å²) in [5.74, 6) is 0.765. The van der Waals surface area contributed by atoms with Gasteiger partial charge in [-0.15, -0.1) is 0 Å². The van der Waals surface area contributed by atoms with Gasteiger partial charge < -0.3 is 8.98 Å². The predicted octanol–water partition coefficient (Wildman–Crippen LogP) is 9.07. The van der Waals surface area contributed by atoms with Crippen molar-refractivity contribution in [1.29, 1.82) is 0 Å². The molecule has 0 bridgehead atoms. The van der Waals surface area contributed by atoms with Gasteiger partial charge in [0.25, 0.3) is 5.56 Å². The summed E-state index contributed by atoms with van der Waals surface area (Å²) in [7, 11) is 0. The average Bonchev–Trinajstić information content (AvgIpc) is 3.52. The Labute approximate surface area is 258 Å². The van der Waals surface area contributed by atoms with Crippen LogP contribution in [0.25, 0.3) is 44.4 Å². The number of rotatable bonds is 5. The summed E-state index contributed by atoms with van der Waals surface area (Å²) < 4.78 is 10.6. The standard InChI is InChI=1S/C33H21BrCl2N4O2/c1-19-25(23-6-3-5-9-29(23)39(19)18-20-10-12-26(35)27(36)14-20)17-37-40-32(38-28-8-4-2-7-24(28)33(40)41)31-16-21-15-22(34)11-13-30(21)42-31/h2-17H,18H2,1H3. The fourth-order valence-electron chi connectivity index (χ4n) is 5.28. The van der Waals surface area contributed by atoms with Crippen LogP contribution in [0.2, 0.25) is 10.0 Å². The Morgan fingerprint density at radius 3 is 2.55 bits per heavy atom. The lowest BCUT2D eigenvalue weighted by molar-refractivity contribution is 0.616. The van der Waals surface area contributed by atoms with Gasteiger partial charge in [-0.05, 0) is 67.1 Å². The molecule has 0 atom stereocenters. The van der Waals surface area contributed by atoms with Crippen molar-refractivity contribution in [2.24, 2.45) is 5.10 Å². The number of halogens is 3. The van der Waals surface area contributed by atoms with E-state index in [1.807, 2.05) is 73.7 Å². The molecule has 0 spiro atoms. The van der Waals surface area contributed by atoms with Crippen LogP contribution in [0, 0.1) is 6.92 Å². The Kier molecular flexibility index (Phi) is 6.73. The molecule has 0 fully saturated rings. The zero-order valence-corrected chi connectivity index (χ0v) is 25.3. The van der Waals surface area contributed by atoms with Crippen LogP contribution in [0.1, 0.15) is 16.8 Å². The Bertz CT molecular complexity index is 2270. The van der Waals surface area contributed by atoms with Crippen molar-refractivity contribution in [3.63, 3.8) is 0 Å². The summed E-state index contributed by atoms with van der Waals surface area (Å²) in [6, 6.07) is 28.6. The SMILES string of the molecule is Cc1c(C=Nn2c(-c3cc4cc(Br)ccc4o3)nc3ccccc3c2=O)c2ccccc2n1Cc1ccc(Cl)c(Cl)c1. The quantitative estimate of drug-likeness (QED) is 0.174. The van der Waals surface area contributed by atoms with Crippen molar-refractivity contribution in [1.82, 2.24) is 14.2 Å². The molecule has 3 aromatic heterocycles. The molecular formula is C33H21BrCl2N4O2. The number of hydrogen-bond acceptors (Lipinski definition) is 4. The van der Waals surface area contributed by atoms with Gasteiger partial charge >= 0.3 is 0 Å². The zero-order valence-electron chi connectivity index (χ0n) is 22.2. The van der Waals surface area contributed by atoms with E-state index in [1.165, 1.54) is 4.68 Å². The Hall–Kier alpha value is -4.17. The molecule has 6 nitrogen and oxygen atoms in total.